The van der Waals surface area contributed by atoms with Crippen LogP contribution in [0, 0.1) is 5.92 Å². The first kappa shape index (κ1) is 23.4. The van der Waals surface area contributed by atoms with Crippen LogP contribution in [0.1, 0.15) is 19.8 Å². The molecule has 2 N–H and O–H groups in total. The third-order valence-corrected chi connectivity index (χ3v) is 6.59. The van der Waals surface area contributed by atoms with Gasteiger partial charge < -0.3 is 19.9 Å². The number of carbonyl (C=O) groups excluding carboxylic acids is 3. The number of nitrogens with one attached hydrogen (secondary N) is 1. The van der Waals surface area contributed by atoms with E-state index in [2.05, 4.69) is 18.5 Å². The van der Waals surface area contributed by atoms with Crippen LogP contribution in [0.15, 0.2) is 35.9 Å². The number of rotatable bonds is 12. The molecule has 0 aromatic rings. The number of fused-ring (bicyclic) bond motifs is 1. The number of carbonyl (C=O) groups is 3. The smallest absolute Gasteiger partial charge is 0.408 e. The maximum atomic E-state index is 12.5. The zero-order valence-electron chi connectivity index (χ0n) is 16.3. The molecule has 0 saturated carbocycles. The molecule has 8 nitrogen and oxygen atoms in total. The highest BCUT2D eigenvalue weighted by Crippen LogP contribution is 2.51. The number of amides is 2. The zero-order valence-corrected chi connectivity index (χ0v) is 17.9. The van der Waals surface area contributed by atoms with Crippen LogP contribution in [0.4, 0.5) is 4.79 Å². The van der Waals surface area contributed by atoms with Gasteiger partial charge in [0, 0.05) is 4.91 Å². The highest BCUT2D eigenvalue weighted by atomic mass is 32.2. The van der Waals surface area contributed by atoms with Gasteiger partial charge in [0.05, 0.1) is 17.9 Å². The van der Waals surface area contributed by atoms with E-state index in [0.717, 1.165) is 17.1 Å². The van der Waals surface area contributed by atoms with E-state index in [4.69, 9.17) is 9.47 Å². The predicted molar refractivity (Wildman–Crippen MR) is 113 cm³/mol. The molecule has 3 atom stereocenters. The van der Waals surface area contributed by atoms with Crippen LogP contribution in [0.2, 0.25) is 0 Å². The van der Waals surface area contributed by atoms with E-state index >= 15 is 0 Å². The number of ether oxygens (including phenoxy) is 2. The average molecular weight is 443 g/mol. The Bertz CT molecular complexity index is 694. The number of nitrogens with zero attached hydrogens (tertiary/aromatic N) is 1. The van der Waals surface area contributed by atoms with Crippen molar-refractivity contribution >= 4 is 41.5 Å². The molecule has 0 aliphatic carbocycles. The fourth-order valence-electron chi connectivity index (χ4n) is 2.93. The first-order valence-corrected chi connectivity index (χ1v) is 11.2. The van der Waals surface area contributed by atoms with Crippen molar-refractivity contribution in [2.45, 2.75) is 31.2 Å². The Morgan fingerprint density at radius 3 is 2.69 bits per heavy atom. The number of esters is 1. The summed E-state index contributed by atoms with van der Waals surface area (Å²) in [7, 11) is 0. The monoisotopic (exact) mass is 442 g/mol. The van der Waals surface area contributed by atoms with Gasteiger partial charge in [0.2, 0.25) is 5.91 Å². The lowest BCUT2D eigenvalue weighted by Gasteiger charge is -2.43. The molecule has 2 amide bonds. The molecule has 0 unspecified atom stereocenters. The SMILES string of the molecule is C=CCOC(=O)NCSCCCC1=C(C(=O)OCC=C)N2C(=O)[C@H]([C@@H](C)O)[C@H]2S1. The lowest BCUT2D eigenvalue weighted by Crippen LogP contribution is -2.60. The molecule has 2 aliphatic rings. The summed E-state index contributed by atoms with van der Waals surface area (Å²) in [6.07, 6.45) is 3.05. The number of aliphatic hydroxyl groups is 1. The second-order valence-corrected chi connectivity index (χ2v) is 8.68. The largest absolute Gasteiger partial charge is 0.457 e. The zero-order chi connectivity index (χ0) is 21.4. The fraction of sp³-hybridized carbons (Fsp3) is 0.526. The summed E-state index contributed by atoms with van der Waals surface area (Å²) in [5.74, 6) is -0.159. The Morgan fingerprint density at radius 1 is 1.34 bits per heavy atom. The number of aliphatic hydroxyl groups excluding tert-OH is 1. The summed E-state index contributed by atoms with van der Waals surface area (Å²) in [6.45, 7) is 8.80. The van der Waals surface area contributed by atoms with Crippen molar-refractivity contribution in [3.63, 3.8) is 0 Å². The van der Waals surface area contributed by atoms with Crippen LogP contribution in [-0.4, -0.2) is 64.3 Å². The molecule has 2 rings (SSSR count). The quantitative estimate of drug-likeness (QED) is 0.156. The minimum Gasteiger partial charge on any atom is -0.457 e. The van der Waals surface area contributed by atoms with E-state index in [9.17, 15) is 19.5 Å². The second kappa shape index (κ2) is 11.3. The molecule has 0 bridgehead atoms. The number of allylic oxidation sites excluding steroid dienone is 1. The van der Waals surface area contributed by atoms with Crippen molar-refractivity contribution in [3.05, 3.63) is 35.9 Å². The molecule has 10 heteroatoms. The average Bonchev–Trinajstić information content (AvgIpc) is 3.00. The van der Waals surface area contributed by atoms with Gasteiger partial charge in [-0.05, 0) is 25.5 Å². The lowest BCUT2D eigenvalue weighted by atomic mass is 9.92. The van der Waals surface area contributed by atoms with Gasteiger partial charge >= 0.3 is 12.1 Å². The summed E-state index contributed by atoms with van der Waals surface area (Å²) < 4.78 is 9.96. The molecule has 2 heterocycles. The molecule has 29 heavy (non-hydrogen) atoms. The Hall–Kier alpha value is -1.91. The minimum absolute atomic E-state index is 0.0658. The number of hydrogen-bond donors (Lipinski definition) is 2. The molecule has 0 spiro atoms. The topological polar surface area (TPSA) is 105 Å². The third kappa shape index (κ3) is 5.80. The first-order valence-electron chi connectivity index (χ1n) is 9.20. The van der Waals surface area contributed by atoms with E-state index in [-0.39, 0.29) is 30.2 Å². The Balaban J connectivity index is 1.87. The van der Waals surface area contributed by atoms with Gasteiger partial charge in [-0.1, -0.05) is 25.3 Å². The van der Waals surface area contributed by atoms with E-state index in [0.29, 0.717) is 12.3 Å². The van der Waals surface area contributed by atoms with Crippen molar-refractivity contribution in [1.82, 2.24) is 10.2 Å². The molecule has 0 aromatic heterocycles. The van der Waals surface area contributed by atoms with Gasteiger partial charge in [0.25, 0.3) is 0 Å². The summed E-state index contributed by atoms with van der Waals surface area (Å²) >= 11 is 2.96. The van der Waals surface area contributed by atoms with E-state index in [1.54, 1.807) is 6.92 Å². The minimum atomic E-state index is -0.775. The van der Waals surface area contributed by atoms with Gasteiger partial charge in [0.15, 0.2) is 0 Å². The maximum absolute atomic E-state index is 12.5. The number of hydrogen-bond acceptors (Lipinski definition) is 8. The summed E-state index contributed by atoms with van der Waals surface area (Å²) in [5.41, 5.74) is 0.278. The molecule has 160 valence electrons. The third-order valence-electron chi connectivity index (χ3n) is 4.24. The Morgan fingerprint density at radius 2 is 2.03 bits per heavy atom. The van der Waals surface area contributed by atoms with Gasteiger partial charge in [-0.2, -0.15) is 0 Å². The van der Waals surface area contributed by atoms with Crippen LogP contribution in [0.3, 0.4) is 0 Å². The van der Waals surface area contributed by atoms with E-state index < -0.39 is 24.1 Å². The second-order valence-electron chi connectivity index (χ2n) is 6.36. The van der Waals surface area contributed by atoms with E-state index in [1.165, 1.54) is 40.6 Å². The van der Waals surface area contributed by atoms with Crippen LogP contribution >= 0.6 is 23.5 Å². The normalized spacial score (nSPS) is 21.2. The number of β-lactam (4-membered cyclic amide) rings is 1. The lowest BCUT2D eigenvalue weighted by molar-refractivity contribution is -0.157. The molecule has 1 saturated heterocycles. The predicted octanol–water partition coefficient (Wildman–Crippen LogP) is 2.22. The van der Waals surface area contributed by atoms with Crippen LogP contribution < -0.4 is 5.32 Å². The van der Waals surface area contributed by atoms with Crippen molar-refractivity contribution < 1.29 is 29.0 Å². The van der Waals surface area contributed by atoms with Crippen molar-refractivity contribution in [2.75, 3.05) is 24.8 Å². The van der Waals surface area contributed by atoms with Crippen molar-refractivity contribution in [2.24, 2.45) is 5.92 Å². The van der Waals surface area contributed by atoms with Crippen LogP contribution in [0.25, 0.3) is 0 Å². The Kier molecular flexibility index (Phi) is 9.12. The molecular weight excluding hydrogens is 416 g/mol. The molecule has 0 aromatic carbocycles. The van der Waals surface area contributed by atoms with Crippen LogP contribution in [-0.2, 0) is 19.1 Å². The summed E-state index contributed by atoms with van der Waals surface area (Å²) in [4.78, 5) is 38.4. The molecule has 0 radical (unpaired) electrons. The summed E-state index contributed by atoms with van der Waals surface area (Å²) in [5, 5.41) is 12.2. The first-order chi connectivity index (χ1) is 13.9. The highest BCUT2D eigenvalue weighted by Gasteiger charge is 2.57. The molecule has 1 fully saturated rings. The van der Waals surface area contributed by atoms with E-state index in [1.807, 2.05) is 0 Å². The van der Waals surface area contributed by atoms with Gasteiger partial charge in [-0.3, -0.25) is 9.69 Å². The standard InChI is InChI=1S/C19H26N2O6S2/c1-4-8-26-18(24)15-13(29-17-14(12(3)22)16(23)21(15)17)7-6-10-28-11-20-19(25)27-9-5-2/h4-5,12,14,17,22H,1-2,6-11H2,3H3,(H,20,25)/t12-,14+,17-/m1/s1. The van der Waals surface area contributed by atoms with Crippen molar-refractivity contribution in [1.29, 1.82) is 0 Å². The highest BCUT2D eigenvalue weighted by molar-refractivity contribution is 8.04. The number of thioether (sulfide) groups is 2. The van der Waals surface area contributed by atoms with Gasteiger partial charge in [0.1, 0.15) is 24.3 Å². The van der Waals surface area contributed by atoms with Crippen LogP contribution in [0.5, 0.6) is 0 Å². The van der Waals surface area contributed by atoms with Gasteiger partial charge in [-0.15, -0.1) is 23.5 Å². The van der Waals surface area contributed by atoms with Crippen molar-refractivity contribution in [3.8, 4) is 0 Å². The fourth-order valence-corrected chi connectivity index (χ4v) is 5.29. The molecule has 2 aliphatic heterocycles. The maximum Gasteiger partial charge on any atom is 0.408 e. The Labute approximate surface area is 178 Å². The molecular formula is C19H26N2O6S2. The number of alkyl carbamates (subject to hydrolysis) is 1. The van der Waals surface area contributed by atoms with Gasteiger partial charge in [-0.25, -0.2) is 9.59 Å². The summed E-state index contributed by atoms with van der Waals surface area (Å²) in [6, 6.07) is 0.